The molecular formula is C8H13N3O. The molecule has 1 atom stereocenters. The lowest BCUT2D eigenvalue weighted by Crippen LogP contribution is -2.05. The second-order valence-electron chi connectivity index (χ2n) is 2.95. The number of nitrogen functional groups attached to an aromatic ring is 1. The first-order valence-electron chi connectivity index (χ1n) is 3.82. The summed E-state index contributed by atoms with van der Waals surface area (Å²) in [7, 11) is 1.76. The second-order valence-corrected chi connectivity index (χ2v) is 2.95. The zero-order valence-electron chi connectivity index (χ0n) is 7.53. The Morgan fingerprint density at radius 3 is 2.67 bits per heavy atom. The summed E-state index contributed by atoms with van der Waals surface area (Å²) in [6.45, 7) is 3.37. The Morgan fingerprint density at radius 1 is 1.75 bits per heavy atom. The highest BCUT2D eigenvalue weighted by molar-refractivity contribution is 5.82. The van der Waals surface area contributed by atoms with Gasteiger partial charge in [0.25, 0.3) is 0 Å². The molecule has 1 unspecified atom stereocenters. The molecule has 0 aliphatic carbocycles. The van der Waals surface area contributed by atoms with Crippen LogP contribution in [0, 0.1) is 0 Å². The van der Waals surface area contributed by atoms with Crippen molar-refractivity contribution in [2.24, 2.45) is 7.05 Å². The maximum absolute atomic E-state index is 11.0. The number of aryl methyl sites for hydroxylation is 1. The normalized spacial score (nSPS) is 12.9. The van der Waals surface area contributed by atoms with Crippen molar-refractivity contribution in [2.45, 2.75) is 19.8 Å². The zero-order valence-corrected chi connectivity index (χ0v) is 7.53. The van der Waals surface area contributed by atoms with Gasteiger partial charge in [-0.05, 0) is 13.8 Å². The maximum Gasteiger partial charge on any atom is 0.138 e. The van der Waals surface area contributed by atoms with Gasteiger partial charge in [0.1, 0.15) is 11.6 Å². The molecule has 0 fully saturated rings. The first kappa shape index (κ1) is 8.77. The molecule has 2 N–H and O–H groups in total. The van der Waals surface area contributed by atoms with Gasteiger partial charge in [-0.2, -0.15) is 5.10 Å². The third-order valence-electron chi connectivity index (χ3n) is 1.99. The van der Waals surface area contributed by atoms with Crippen LogP contribution in [0.5, 0.6) is 0 Å². The lowest BCUT2D eigenvalue weighted by Gasteiger charge is -2.00. The van der Waals surface area contributed by atoms with Crippen LogP contribution < -0.4 is 5.73 Å². The number of nitrogens with zero attached hydrogens (tertiary/aromatic N) is 2. The molecule has 1 rings (SSSR count). The predicted molar refractivity (Wildman–Crippen MR) is 46.7 cm³/mol. The Hall–Kier alpha value is -1.32. The number of Topliss-reactive ketones (excluding diaryl/α,β-unsaturated/α-hetero) is 1. The van der Waals surface area contributed by atoms with E-state index in [2.05, 4.69) is 5.10 Å². The highest BCUT2D eigenvalue weighted by Crippen LogP contribution is 2.16. The van der Waals surface area contributed by atoms with Crippen LogP contribution in [0.3, 0.4) is 0 Å². The van der Waals surface area contributed by atoms with Crippen molar-refractivity contribution < 1.29 is 4.79 Å². The molecule has 0 amide bonds. The van der Waals surface area contributed by atoms with Crippen LogP contribution in [0.15, 0.2) is 6.07 Å². The fourth-order valence-corrected chi connectivity index (χ4v) is 0.925. The summed E-state index contributed by atoms with van der Waals surface area (Å²) in [6, 6.07) is 1.73. The molecule has 1 heterocycles. The van der Waals surface area contributed by atoms with Crippen molar-refractivity contribution >= 4 is 11.6 Å². The molecule has 1 aromatic rings. The molecule has 0 spiro atoms. The Kier molecular flexibility index (Phi) is 2.17. The molecule has 0 saturated carbocycles. The highest BCUT2D eigenvalue weighted by atomic mass is 16.1. The van der Waals surface area contributed by atoms with E-state index >= 15 is 0 Å². The fourth-order valence-electron chi connectivity index (χ4n) is 0.925. The standard InChI is InChI=1S/C8H13N3O/c1-5(6(2)12)7-4-8(9)11(3)10-7/h4-5H,9H2,1-3H3. The van der Waals surface area contributed by atoms with Crippen molar-refractivity contribution in [3.05, 3.63) is 11.8 Å². The van der Waals surface area contributed by atoms with Crippen LogP contribution in [-0.4, -0.2) is 15.6 Å². The number of hydrogen-bond donors (Lipinski definition) is 1. The number of carbonyl (C=O) groups is 1. The van der Waals surface area contributed by atoms with Crippen LogP contribution in [0.1, 0.15) is 25.5 Å². The Balaban J connectivity index is 2.96. The van der Waals surface area contributed by atoms with Gasteiger partial charge in [0.15, 0.2) is 0 Å². The van der Waals surface area contributed by atoms with E-state index in [0.717, 1.165) is 5.69 Å². The topological polar surface area (TPSA) is 60.9 Å². The number of hydrogen-bond acceptors (Lipinski definition) is 3. The van der Waals surface area contributed by atoms with Crippen LogP contribution in [0.25, 0.3) is 0 Å². The number of carbonyl (C=O) groups excluding carboxylic acids is 1. The minimum Gasteiger partial charge on any atom is -0.384 e. The summed E-state index contributed by atoms with van der Waals surface area (Å²) in [5.41, 5.74) is 6.31. The summed E-state index contributed by atoms with van der Waals surface area (Å²) < 4.78 is 1.56. The molecule has 0 aliphatic heterocycles. The molecule has 0 saturated heterocycles. The van der Waals surface area contributed by atoms with E-state index in [1.54, 1.807) is 24.7 Å². The summed E-state index contributed by atoms with van der Waals surface area (Å²) in [4.78, 5) is 11.0. The predicted octanol–water partition coefficient (Wildman–Crippen LogP) is 0.695. The minimum atomic E-state index is -0.159. The number of ketones is 1. The quantitative estimate of drug-likeness (QED) is 0.705. The second kappa shape index (κ2) is 2.97. The van der Waals surface area contributed by atoms with E-state index < -0.39 is 0 Å². The lowest BCUT2D eigenvalue weighted by molar-refractivity contribution is -0.118. The van der Waals surface area contributed by atoms with Crippen LogP contribution in [0.4, 0.5) is 5.82 Å². The van der Waals surface area contributed by atoms with E-state index in [1.807, 2.05) is 6.92 Å². The number of anilines is 1. The van der Waals surface area contributed by atoms with Gasteiger partial charge in [-0.3, -0.25) is 9.48 Å². The molecular weight excluding hydrogens is 154 g/mol. The first-order valence-corrected chi connectivity index (χ1v) is 3.82. The molecule has 0 radical (unpaired) electrons. The Bertz CT molecular complexity index is 284. The van der Waals surface area contributed by atoms with E-state index in [9.17, 15) is 4.79 Å². The van der Waals surface area contributed by atoms with Crippen molar-refractivity contribution in [1.82, 2.24) is 9.78 Å². The van der Waals surface area contributed by atoms with Gasteiger partial charge in [-0.25, -0.2) is 0 Å². The van der Waals surface area contributed by atoms with Gasteiger partial charge in [0, 0.05) is 13.1 Å². The third-order valence-corrected chi connectivity index (χ3v) is 1.99. The van der Waals surface area contributed by atoms with Crippen molar-refractivity contribution in [3.8, 4) is 0 Å². The Labute approximate surface area is 71.4 Å². The molecule has 12 heavy (non-hydrogen) atoms. The number of aromatic nitrogens is 2. The minimum absolute atomic E-state index is 0.105. The van der Waals surface area contributed by atoms with Gasteiger partial charge in [-0.15, -0.1) is 0 Å². The van der Waals surface area contributed by atoms with Gasteiger partial charge < -0.3 is 5.73 Å². The average molecular weight is 167 g/mol. The summed E-state index contributed by atoms with van der Waals surface area (Å²) >= 11 is 0. The zero-order chi connectivity index (χ0) is 9.30. The smallest absolute Gasteiger partial charge is 0.138 e. The summed E-state index contributed by atoms with van der Waals surface area (Å²) in [5, 5.41) is 4.10. The van der Waals surface area contributed by atoms with E-state index in [4.69, 9.17) is 5.73 Å². The molecule has 4 nitrogen and oxygen atoms in total. The van der Waals surface area contributed by atoms with Gasteiger partial charge in [0.2, 0.25) is 0 Å². The molecule has 4 heteroatoms. The summed E-state index contributed by atoms with van der Waals surface area (Å²) in [5.74, 6) is 0.528. The van der Waals surface area contributed by atoms with E-state index in [0.29, 0.717) is 5.82 Å². The van der Waals surface area contributed by atoms with Crippen molar-refractivity contribution in [1.29, 1.82) is 0 Å². The molecule has 0 aliphatic rings. The van der Waals surface area contributed by atoms with Gasteiger partial charge >= 0.3 is 0 Å². The van der Waals surface area contributed by atoms with Gasteiger partial charge in [-0.1, -0.05) is 0 Å². The first-order chi connectivity index (χ1) is 5.52. The van der Waals surface area contributed by atoms with Crippen LogP contribution in [-0.2, 0) is 11.8 Å². The Morgan fingerprint density at radius 2 is 2.33 bits per heavy atom. The number of rotatable bonds is 2. The largest absolute Gasteiger partial charge is 0.384 e. The molecule has 0 bridgehead atoms. The van der Waals surface area contributed by atoms with Crippen molar-refractivity contribution in [2.75, 3.05) is 5.73 Å². The van der Waals surface area contributed by atoms with Crippen LogP contribution in [0.2, 0.25) is 0 Å². The highest BCUT2D eigenvalue weighted by Gasteiger charge is 2.14. The summed E-state index contributed by atoms with van der Waals surface area (Å²) in [6.07, 6.45) is 0. The average Bonchev–Trinajstić information content (AvgIpc) is 2.30. The fraction of sp³-hybridized carbons (Fsp3) is 0.500. The van der Waals surface area contributed by atoms with Crippen LogP contribution >= 0.6 is 0 Å². The molecule has 66 valence electrons. The van der Waals surface area contributed by atoms with Gasteiger partial charge in [0.05, 0.1) is 11.6 Å². The maximum atomic E-state index is 11.0. The number of nitrogens with two attached hydrogens (primary N) is 1. The third kappa shape index (κ3) is 1.47. The SMILES string of the molecule is CC(=O)C(C)c1cc(N)n(C)n1. The monoisotopic (exact) mass is 167 g/mol. The lowest BCUT2D eigenvalue weighted by atomic mass is 10.0. The van der Waals surface area contributed by atoms with Crippen molar-refractivity contribution in [3.63, 3.8) is 0 Å². The van der Waals surface area contributed by atoms with E-state index in [-0.39, 0.29) is 11.7 Å². The molecule has 0 aromatic carbocycles. The molecule has 1 aromatic heterocycles. The van der Waals surface area contributed by atoms with E-state index in [1.165, 1.54) is 0 Å².